The maximum atomic E-state index is 5.47. The van der Waals surface area contributed by atoms with Gasteiger partial charge in [-0.2, -0.15) is 0 Å². The van der Waals surface area contributed by atoms with Gasteiger partial charge in [-0.25, -0.2) is 4.98 Å². The lowest BCUT2D eigenvalue weighted by Gasteiger charge is -2.10. The Balaban J connectivity index is 1.43. The van der Waals surface area contributed by atoms with E-state index in [9.17, 15) is 0 Å². The number of benzene rings is 5. The molecule has 0 aliphatic rings. The van der Waals surface area contributed by atoms with Gasteiger partial charge < -0.3 is 4.57 Å². The molecule has 0 saturated carbocycles. The van der Waals surface area contributed by atoms with E-state index in [1.165, 1.54) is 27.1 Å². The number of pyridine rings is 1. The molecule has 0 aliphatic carbocycles. The molecule has 9 rings (SSSR count). The van der Waals surface area contributed by atoms with E-state index in [4.69, 9.17) is 4.98 Å². The molecular formula is C37H24N4. The summed E-state index contributed by atoms with van der Waals surface area (Å²) >= 11 is 0. The molecule has 9 aromatic rings. The Morgan fingerprint density at radius 1 is 0.415 bits per heavy atom. The second-order valence-electron chi connectivity index (χ2n) is 10.5. The van der Waals surface area contributed by atoms with Crippen LogP contribution in [0.5, 0.6) is 0 Å². The zero-order valence-electron chi connectivity index (χ0n) is 22.1. The van der Waals surface area contributed by atoms with Gasteiger partial charge in [0.2, 0.25) is 5.95 Å². The minimum absolute atomic E-state index is 0.882. The Kier molecular flexibility index (Phi) is 4.58. The molecule has 0 N–H and O–H groups in total. The minimum Gasteiger partial charge on any atom is -0.309 e. The van der Waals surface area contributed by atoms with Gasteiger partial charge in [0, 0.05) is 39.0 Å². The van der Waals surface area contributed by atoms with Gasteiger partial charge in [0.25, 0.3) is 0 Å². The van der Waals surface area contributed by atoms with Crippen LogP contribution in [0.1, 0.15) is 0 Å². The van der Waals surface area contributed by atoms with Gasteiger partial charge in [0.05, 0.1) is 27.6 Å². The average Bonchev–Trinajstić information content (AvgIpc) is 3.69. The summed E-state index contributed by atoms with van der Waals surface area (Å²) in [5.74, 6) is 0.882. The molecule has 0 saturated heterocycles. The molecule has 0 bridgehead atoms. The third-order valence-electron chi connectivity index (χ3n) is 8.27. The summed E-state index contributed by atoms with van der Waals surface area (Å²) in [7, 11) is 0. The smallest absolute Gasteiger partial charge is 0.220 e. The van der Waals surface area contributed by atoms with E-state index in [1.54, 1.807) is 0 Å². The van der Waals surface area contributed by atoms with Crippen molar-refractivity contribution >= 4 is 49.1 Å². The molecule has 41 heavy (non-hydrogen) atoms. The van der Waals surface area contributed by atoms with E-state index in [0.29, 0.717) is 0 Å². The fourth-order valence-corrected chi connectivity index (χ4v) is 6.57. The number of fused-ring (bicyclic) bond motifs is 7. The monoisotopic (exact) mass is 524 g/mol. The Morgan fingerprint density at radius 3 is 1.66 bits per heavy atom. The van der Waals surface area contributed by atoms with E-state index in [1.807, 2.05) is 0 Å². The van der Waals surface area contributed by atoms with Gasteiger partial charge >= 0.3 is 0 Å². The highest BCUT2D eigenvalue weighted by atomic mass is 15.2. The number of aromatic nitrogens is 4. The molecule has 0 amide bonds. The first kappa shape index (κ1) is 22.2. The molecule has 0 unspecified atom stereocenters. The highest BCUT2D eigenvalue weighted by Crippen LogP contribution is 2.40. The maximum Gasteiger partial charge on any atom is 0.220 e. The third kappa shape index (κ3) is 3.07. The molecule has 5 aromatic carbocycles. The molecule has 4 heteroatoms. The topological polar surface area (TPSA) is 27.2 Å². The molecule has 0 aliphatic heterocycles. The molecule has 0 atom stereocenters. The highest BCUT2D eigenvalue weighted by molar-refractivity contribution is 6.14. The average molecular weight is 525 g/mol. The van der Waals surface area contributed by atoms with Crippen molar-refractivity contribution in [2.24, 2.45) is 0 Å². The predicted molar refractivity (Wildman–Crippen MR) is 169 cm³/mol. The first-order valence-electron chi connectivity index (χ1n) is 13.9. The van der Waals surface area contributed by atoms with Crippen molar-refractivity contribution in [2.75, 3.05) is 0 Å². The number of imidazole rings is 1. The van der Waals surface area contributed by atoms with Crippen LogP contribution in [-0.2, 0) is 0 Å². The largest absolute Gasteiger partial charge is 0.309 e. The van der Waals surface area contributed by atoms with E-state index < -0.39 is 0 Å². The summed E-state index contributed by atoms with van der Waals surface area (Å²) in [6.07, 6.45) is 2.12. The van der Waals surface area contributed by atoms with Crippen molar-refractivity contribution < 1.29 is 0 Å². The Labute approximate surface area is 236 Å². The van der Waals surface area contributed by atoms with Crippen LogP contribution in [0.3, 0.4) is 0 Å². The molecule has 0 fully saturated rings. The molecule has 4 nitrogen and oxygen atoms in total. The fraction of sp³-hybridized carbons (Fsp3) is 0. The summed E-state index contributed by atoms with van der Waals surface area (Å²) in [6, 6.07) is 49.5. The second-order valence-corrected chi connectivity index (χ2v) is 10.5. The van der Waals surface area contributed by atoms with Crippen LogP contribution >= 0.6 is 0 Å². The molecule has 192 valence electrons. The third-order valence-corrected chi connectivity index (χ3v) is 8.27. The summed E-state index contributed by atoms with van der Waals surface area (Å²) in [5, 5.41) is 4.91. The van der Waals surface area contributed by atoms with E-state index >= 15 is 0 Å². The highest BCUT2D eigenvalue weighted by Gasteiger charge is 2.22. The Bertz CT molecular complexity index is 2370. The molecular weight excluding hydrogens is 500 g/mol. The SMILES string of the molecule is c1ccc(-n2c3ccccc3c3cccc(-c4nc(-n5c6ccccc6c6ccccc65)n5ccccc45)c32)cc1. The van der Waals surface area contributed by atoms with E-state index in [-0.39, 0.29) is 0 Å². The quantitative estimate of drug-likeness (QED) is 0.226. The van der Waals surface area contributed by atoms with Gasteiger partial charge in [-0.05, 0) is 42.5 Å². The van der Waals surface area contributed by atoms with Crippen LogP contribution in [0.2, 0.25) is 0 Å². The Morgan fingerprint density at radius 2 is 0.951 bits per heavy atom. The summed E-state index contributed by atoms with van der Waals surface area (Å²) in [6.45, 7) is 0. The van der Waals surface area contributed by atoms with Gasteiger partial charge in [-0.1, -0.05) is 97.1 Å². The maximum absolute atomic E-state index is 5.47. The standard InChI is InChI=1S/C37H24N4/c1-2-13-25(14-3-1)40-31-20-7-6-17-28(31)29-18-12-19-30(36(29)40)35-34-23-10-11-24-39(34)37(38-35)41-32-21-8-4-15-26(32)27-16-5-9-22-33(27)41/h1-24H. The van der Waals surface area contributed by atoms with Gasteiger partial charge in [-0.15, -0.1) is 0 Å². The lowest BCUT2D eigenvalue weighted by molar-refractivity contribution is 0.983. The predicted octanol–water partition coefficient (Wildman–Crippen LogP) is 9.20. The Hall–Kier alpha value is -5.61. The van der Waals surface area contributed by atoms with Gasteiger partial charge in [-0.3, -0.25) is 8.97 Å². The van der Waals surface area contributed by atoms with Crippen LogP contribution in [0.15, 0.2) is 146 Å². The molecule has 0 radical (unpaired) electrons. The number of hydrogen-bond acceptors (Lipinski definition) is 1. The van der Waals surface area contributed by atoms with Crippen molar-refractivity contribution in [2.45, 2.75) is 0 Å². The minimum atomic E-state index is 0.882. The van der Waals surface area contributed by atoms with Crippen LogP contribution < -0.4 is 0 Å². The fourth-order valence-electron chi connectivity index (χ4n) is 6.57. The van der Waals surface area contributed by atoms with Crippen molar-refractivity contribution in [3.8, 4) is 22.9 Å². The number of nitrogens with zero attached hydrogens (tertiary/aromatic N) is 4. The summed E-state index contributed by atoms with van der Waals surface area (Å²) < 4.78 is 6.91. The first-order chi connectivity index (χ1) is 20.4. The van der Waals surface area contributed by atoms with Crippen molar-refractivity contribution in [3.05, 3.63) is 146 Å². The number of rotatable bonds is 3. The lowest BCUT2D eigenvalue weighted by atomic mass is 10.1. The normalized spacial score (nSPS) is 11.9. The van der Waals surface area contributed by atoms with E-state index in [0.717, 1.165) is 45.0 Å². The van der Waals surface area contributed by atoms with Gasteiger partial charge in [0.15, 0.2) is 0 Å². The zero-order chi connectivity index (χ0) is 26.9. The van der Waals surface area contributed by atoms with Crippen LogP contribution in [0, 0.1) is 0 Å². The molecule has 4 heterocycles. The van der Waals surface area contributed by atoms with Crippen LogP contribution in [0.25, 0.3) is 72.0 Å². The lowest BCUT2D eigenvalue weighted by Crippen LogP contribution is -2.00. The van der Waals surface area contributed by atoms with E-state index in [2.05, 4.69) is 159 Å². The summed E-state index contributed by atoms with van der Waals surface area (Å²) in [5.41, 5.74) is 8.93. The summed E-state index contributed by atoms with van der Waals surface area (Å²) in [4.78, 5) is 5.47. The molecule has 4 aromatic heterocycles. The van der Waals surface area contributed by atoms with Crippen LogP contribution in [0.4, 0.5) is 0 Å². The van der Waals surface area contributed by atoms with Crippen molar-refractivity contribution in [1.29, 1.82) is 0 Å². The first-order valence-corrected chi connectivity index (χ1v) is 13.9. The number of para-hydroxylation sites is 5. The van der Waals surface area contributed by atoms with Crippen LogP contribution in [-0.4, -0.2) is 18.5 Å². The second kappa shape index (κ2) is 8.44. The van der Waals surface area contributed by atoms with Gasteiger partial charge in [0.1, 0.15) is 5.69 Å². The zero-order valence-corrected chi connectivity index (χ0v) is 22.1. The van der Waals surface area contributed by atoms with Crippen molar-refractivity contribution in [3.63, 3.8) is 0 Å². The molecule has 0 spiro atoms. The number of hydrogen-bond donors (Lipinski definition) is 0. The van der Waals surface area contributed by atoms with Crippen molar-refractivity contribution in [1.82, 2.24) is 18.5 Å².